The highest BCUT2D eigenvalue weighted by Gasteiger charge is 2.26. The van der Waals surface area contributed by atoms with Gasteiger partial charge in [0.1, 0.15) is 5.82 Å². The van der Waals surface area contributed by atoms with Gasteiger partial charge < -0.3 is 14.8 Å². The van der Waals surface area contributed by atoms with E-state index in [1.807, 2.05) is 11.8 Å². The number of hydrogen-bond acceptors (Lipinski definition) is 4. The Hall–Kier alpha value is -1.69. The molecule has 110 valence electrons. The number of rotatable bonds is 2. The van der Waals surface area contributed by atoms with Crippen LogP contribution in [0.25, 0.3) is 0 Å². The number of aromatic nitrogens is 2. The molecule has 1 aromatic heterocycles. The number of piperazine rings is 1. The average molecular weight is 278 g/mol. The lowest BCUT2D eigenvalue weighted by Gasteiger charge is -2.38. The summed E-state index contributed by atoms with van der Waals surface area (Å²) in [5.41, 5.74) is 0.915. The van der Waals surface area contributed by atoms with Gasteiger partial charge in [-0.2, -0.15) is 0 Å². The van der Waals surface area contributed by atoms with E-state index in [9.17, 15) is 9.59 Å². The lowest BCUT2D eigenvalue weighted by Crippen LogP contribution is -2.53. The first-order valence-electron chi connectivity index (χ1n) is 6.93. The van der Waals surface area contributed by atoms with E-state index in [2.05, 4.69) is 21.9 Å². The lowest BCUT2D eigenvalue weighted by molar-refractivity contribution is -0.134. The summed E-state index contributed by atoms with van der Waals surface area (Å²) < 4.78 is 0. The summed E-state index contributed by atoms with van der Waals surface area (Å²) in [5, 5.41) is 0. The molecule has 0 radical (unpaired) electrons. The van der Waals surface area contributed by atoms with Crippen molar-refractivity contribution in [1.82, 2.24) is 19.8 Å². The fraction of sp³-hybridized carbons (Fsp3) is 0.643. The molecule has 6 nitrogen and oxygen atoms in total. The second-order valence-electron chi connectivity index (χ2n) is 5.59. The molecule has 6 heteroatoms. The number of carbonyl (C=O) groups is 1. The molecule has 1 aromatic rings. The van der Waals surface area contributed by atoms with Crippen molar-refractivity contribution in [3.8, 4) is 0 Å². The Bertz CT molecular complexity index is 567. The second-order valence-corrected chi connectivity index (χ2v) is 5.59. The van der Waals surface area contributed by atoms with Crippen molar-refractivity contribution in [2.75, 3.05) is 26.7 Å². The van der Waals surface area contributed by atoms with Crippen LogP contribution in [0.15, 0.2) is 4.79 Å². The molecule has 0 unspecified atom stereocenters. The Labute approximate surface area is 118 Å². The van der Waals surface area contributed by atoms with Gasteiger partial charge in [-0.05, 0) is 27.8 Å². The zero-order valence-electron chi connectivity index (χ0n) is 12.6. The third kappa shape index (κ3) is 3.07. The van der Waals surface area contributed by atoms with E-state index in [0.717, 1.165) is 13.1 Å². The SMILES string of the molecule is Cc1nc(C)c(CC(=O)N2CCN(C)C[C@H]2C)c(=O)[nH]1. The van der Waals surface area contributed by atoms with Crippen molar-refractivity contribution in [3.05, 3.63) is 27.4 Å². The number of aryl methyl sites for hydroxylation is 2. The summed E-state index contributed by atoms with van der Waals surface area (Å²) in [6.07, 6.45) is 0.127. The molecule has 20 heavy (non-hydrogen) atoms. The molecule has 0 saturated carbocycles. The van der Waals surface area contributed by atoms with Crippen molar-refractivity contribution >= 4 is 5.91 Å². The van der Waals surface area contributed by atoms with Crippen molar-refractivity contribution in [1.29, 1.82) is 0 Å². The maximum absolute atomic E-state index is 12.4. The first-order chi connectivity index (χ1) is 9.38. The van der Waals surface area contributed by atoms with Gasteiger partial charge in [0.05, 0.1) is 6.42 Å². The van der Waals surface area contributed by atoms with E-state index < -0.39 is 0 Å². The summed E-state index contributed by atoms with van der Waals surface area (Å²) in [6, 6.07) is 0.180. The molecular weight excluding hydrogens is 256 g/mol. The molecule has 0 spiro atoms. The molecule has 1 atom stereocenters. The van der Waals surface area contributed by atoms with Gasteiger partial charge in [0.15, 0.2) is 0 Å². The number of hydrogen-bond donors (Lipinski definition) is 1. The number of amides is 1. The highest BCUT2D eigenvalue weighted by Crippen LogP contribution is 2.11. The van der Waals surface area contributed by atoms with Crippen LogP contribution in [0.1, 0.15) is 24.0 Å². The minimum atomic E-state index is -0.204. The standard InChI is InChI=1S/C14H22N4O2/c1-9-8-17(4)5-6-18(9)13(19)7-12-10(2)15-11(3)16-14(12)20/h9H,5-8H2,1-4H3,(H,15,16,20)/t9-/m1/s1. The molecule has 0 aromatic carbocycles. The Balaban J connectivity index is 2.14. The molecule has 1 aliphatic rings. The second kappa shape index (κ2) is 5.75. The molecule has 1 saturated heterocycles. The Morgan fingerprint density at radius 1 is 1.40 bits per heavy atom. The van der Waals surface area contributed by atoms with Crippen LogP contribution in [0.4, 0.5) is 0 Å². The summed E-state index contributed by atoms with van der Waals surface area (Å²) >= 11 is 0. The van der Waals surface area contributed by atoms with Crippen molar-refractivity contribution in [2.24, 2.45) is 0 Å². The first kappa shape index (κ1) is 14.7. The first-order valence-corrected chi connectivity index (χ1v) is 6.93. The Morgan fingerprint density at radius 2 is 2.10 bits per heavy atom. The van der Waals surface area contributed by atoms with E-state index in [-0.39, 0.29) is 23.9 Å². The number of nitrogens with zero attached hydrogens (tertiary/aromatic N) is 3. The van der Waals surface area contributed by atoms with Gasteiger partial charge in [-0.1, -0.05) is 0 Å². The Kier molecular flexibility index (Phi) is 4.23. The molecular formula is C14H22N4O2. The van der Waals surface area contributed by atoms with Crippen LogP contribution in [0.3, 0.4) is 0 Å². The third-order valence-electron chi connectivity index (χ3n) is 3.82. The fourth-order valence-corrected chi connectivity index (χ4v) is 2.72. The van der Waals surface area contributed by atoms with Gasteiger partial charge in [0.2, 0.25) is 5.91 Å². The summed E-state index contributed by atoms with van der Waals surface area (Å²) in [6.45, 7) is 8.01. The molecule has 0 bridgehead atoms. The van der Waals surface area contributed by atoms with E-state index in [1.165, 1.54) is 0 Å². The van der Waals surface area contributed by atoms with E-state index in [0.29, 0.717) is 23.6 Å². The van der Waals surface area contributed by atoms with Crippen molar-refractivity contribution in [3.63, 3.8) is 0 Å². The topological polar surface area (TPSA) is 69.3 Å². The molecule has 1 aliphatic heterocycles. The van der Waals surface area contributed by atoms with Crippen LogP contribution in [-0.4, -0.2) is 58.4 Å². The van der Waals surface area contributed by atoms with Gasteiger partial charge in [-0.15, -0.1) is 0 Å². The molecule has 2 rings (SSSR count). The zero-order chi connectivity index (χ0) is 14.9. The third-order valence-corrected chi connectivity index (χ3v) is 3.82. The highest BCUT2D eigenvalue weighted by molar-refractivity contribution is 5.79. The van der Waals surface area contributed by atoms with Gasteiger partial charge in [0, 0.05) is 36.9 Å². The summed E-state index contributed by atoms with van der Waals surface area (Å²) in [4.78, 5) is 35.3. The predicted molar refractivity (Wildman–Crippen MR) is 76.7 cm³/mol. The van der Waals surface area contributed by atoms with Crippen LogP contribution in [0.2, 0.25) is 0 Å². The van der Waals surface area contributed by atoms with Crippen LogP contribution >= 0.6 is 0 Å². The molecule has 1 amide bonds. The highest BCUT2D eigenvalue weighted by atomic mass is 16.2. The van der Waals surface area contributed by atoms with E-state index in [1.54, 1.807) is 13.8 Å². The van der Waals surface area contributed by atoms with Gasteiger partial charge in [-0.25, -0.2) is 4.98 Å². The minimum absolute atomic E-state index is 0.00449. The zero-order valence-corrected chi connectivity index (χ0v) is 12.6. The van der Waals surface area contributed by atoms with Crippen molar-refractivity contribution < 1.29 is 4.79 Å². The van der Waals surface area contributed by atoms with Crippen LogP contribution in [0, 0.1) is 13.8 Å². The minimum Gasteiger partial charge on any atom is -0.337 e. The fourth-order valence-electron chi connectivity index (χ4n) is 2.72. The normalized spacial score (nSPS) is 20.2. The monoisotopic (exact) mass is 278 g/mol. The lowest BCUT2D eigenvalue weighted by atomic mass is 10.1. The van der Waals surface area contributed by atoms with Gasteiger partial charge >= 0.3 is 0 Å². The number of carbonyl (C=O) groups excluding carboxylic acids is 1. The summed E-state index contributed by atoms with van der Waals surface area (Å²) in [5.74, 6) is 0.585. The van der Waals surface area contributed by atoms with Crippen LogP contribution in [-0.2, 0) is 11.2 Å². The maximum atomic E-state index is 12.4. The Morgan fingerprint density at radius 3 is 2.70 bits per heavy atom. The molecule has 1 N–H and O–H groups in total. The predicted octanol–water partition coefficient (Wildman–Crippen LogP) is 0.0917. The number of H-pyrrole nitrogens is 1. The molecule has 1 fully saturated rings. The smallest absolute Gasteiger partial charge is 0.254 e. The quantitative estimate of drug-likeness (QED) is 0.832. The largest absolute Gasteiger partial charge is 0.337 e. The molecule has 0 aliphatic carbocycles. The van der Waals surface area contributed by atoms with Crippen LogP contribution in [0.5, 0.6) is 0 Å². The maximum Gasteiger partial charge on any atom is 0.254 e. The van der Waals surface area contributed by atoms with Gasteiger partial charge in [0.25, 0.3) is 5.56 Å². The van der Waals surface area contributed by atoms with Crippen molar-refractivity contribution in [2.45, 2.75) is 33.2 Å². The van der Waals surface area contributed by atoms with Gasteiger partial charge in [-0.3, -0.25) is 9.59 Å². The summed E-state index contributed by atoms with van der Waals surface area (Å²) in [7, 11) is 2.05. The van der Waals surface area contributed by atoms with Crippen LogP contribution < -0.4 is 5.56 Å². The van der Waals surface area contributed by atoms with E-state index >= 15 is 0 Å². The molecule has 2 heterocycles. The number of aromatic amines is 1. The number of nitrogens with one attached hydrogen (secondary N) is 1. The van der Waals surface area contributed by atoms with E-state index in [4.69, 9.17) is 0 Å². The average Bonchev–Trinajstić information content (AvgIpc) is 2.33. The number of likely N-dealkylation sites (N-methyl/N-ethyl adjacent to an activating group) is 1.